The Labute approximate surface area is 163 Å². The average Bonchev–Trinajstić information content (AvgIpc) is 2.96. The fourth-order valence-electron chi connectivity index (χ4n) is 3.23. The number of hydrogen-bond donors (Lipinski definition) is 3. The Morgan fingerprint density at radius 1 is 1.00 bits per heavy atom. The monoisotopic (exact) mass is 386 g/mol. The molecule has 0 amide bonds. The topological polar surface area (TPSA) is 83.2 Å². The van der Waals surface area contributed by atoms with Crippen molar-refractivity contribution in [1.29, 1.82) is 0 Å². The first-order valence-electron chi connectivity index (χ1n) is 8.66. The lowest BCUT2D eigenvalue weighted by atomic mass is 10.0. The van der Waals surface area contributed by atoms with Crippen LogP contribution in [-0.4, -0.2) is 43.5 Å². The van der Waals surface area contributed by atoms with Crippen LogP contribution < -0.4 is 5.32 Å². The zero-order valence-electron chi connectivity index (χ0n) is 15.3. The summed E-state index contributed by atoms with van der Waals surface area (Å²) >= 11 is 0. The number of rotatable bonds is 5. The van der Waals surface area contributed by atoms with Gasteiger partial charge >= 0.3 is 0 Å². The molecule has 4 aromatic rings. The molecule has 0 aliphatic carbocycles. The molecule has 0 unspecified atom stereocenters. The highest BCUT2D eigenvalue weighted by Gasteiger charge is 2.22. The maximum absolute atomic E-state index is 9.48. The molecule has 2 aromatic heterocycles. The molecule has 2 aromatic carbocycles. The van der Waals surface area contributed by atoms with Crippen molar-refractivity contribution in [3.63, 3.8) is 0 Å². The Bertz CT molecular complexity index is 1110. The van der Waals surface area contributed by atoms with Crippen LogP contribution in [0.4, 0.5) is 0 Å². The van der Waals surface area contributed by atoms with Gasteiger partial charge in [0.15, 0.2) is 5.65 Å². The molecule has 4 rings (SSSR count). The van der Waals surface area contributed by atoms with Gasteiger partial charge in [-0.25, -0.2) is 9.97 Å². The van der Waals surface area contributed by atoms with E-state index >= 15 is 0 Å². The Balaban J connectivity index is 0.00000210. The molecule has 0 aliphatic rings. The molecular weight excluding hydrogens is 364 g/mol. The second-order valence-electron chi connectivity index (χ2n) is 6.99. The van der Waals surface area contributed by atoms with Crippen molar-refractivity contribution in [2.45, 2.75) is 19.0 Å². The second-order valence-corrected chi connectivity index (χ2v) is 6.99. The maximum Gasteiger partial charge on any atom is 0.160 e. The smallest absolute Gasteiger partial charge is 0.160 e. The molecule has 0 radical (unpaired) electrons. The largest absolute Gasteiger partial charge is 0.394 e. The summed E-state index contributed by atoms with van der Waals surface area (Å²) in [5.41, 5.74) is 4.76. The number of para-hydroxylation sites is 2. The summed E-state index contributed by atoms with van der Waals surface area (Å²) in [5, 5.41) is 23.3. The summed E-state index contributed by atoms with van der Waals surface area (Å²) in [5.74, 6) is 0. The number of nitrogens with zero attached hydrogens (tertiary/aromatic N) is 3. The van der Waals surface area contributed by atoms with Crippen LogP contribution in [-0.2, 0) is 13.6 Å². The molecule has 0 fully saturated rings. The summed E-state index contributed by atoms with van der Waals surface area (Å²) in [6.45, 7) is 1.98. The number of nitrogens with one attached hydrogen (secondary N) is 1. The third-order valence-corrected chi connectivity index (χ3v) is 5.00. The van der Waals surface area contributed by atoms with E-state index in [1.165, 1.54) is 0 Å². The number of hydrogen-bond acceptors (Lipinski definition) is 5. The van der Waals surface area contributed by atoms with Crippen LogP contribution in [0.25, 0.3) is 33.1 Å². The highest BCUT2D eigenvalue weighted by Crippen LogP contribution is 2.28. The summed E-state index contributed by atoms with van der Waals surface area (Å²) in [4.78, 5) is 9.76. The minimum Gasteiger partial charge on any atom is -0.394 e. The number of aliphatic hydroxyl groups is 2. The van der Waals surface area contributed by atoms with Crippen LogP contribution in [0.3, 0.4) is 0 Å². The van der Waals surface area contributed by atoms with E-state index in [1.54, 1.807) is 6.92 Å². The number of aliphatic hydroxyl groups excluding tert-OH is 2. The van der Waals surface area contributed by atoms with Gasteiger partial charge in [-0.3, -0.25) is 0 Å². The Morgan fingerprint density at radius 2 is 1.74 bits per heavy atom. The van der Waals surface area contributed by atoms with E-state index in [9.17, 15) is 10.2 Å². The first kappa shape index (κ1) is 19.5. The maximum atomic E-state index is 9.48. The number of aromatic nitrogens is 3. The number of fused-ring (bicyclic) bond motifs is 4. The first-order valence-corrected chi connectivity index (χ1v) is 8.66. The SMILES string of the molecule is Cl.Cn1c2ccccc2c2nc3cccc(CNC(C)(CO)CO)c3nc21. The highest BCUT2D eigenvalue weighted by atomic mass is 35.5. The molecule has 7 heteroatoms. The van der Waals surface area contributed by atoms with Gasteiger partial charge in [-0.1, -0.05) is 30.3 Å². The molecule has 27 heavy (non-hydrogen) atoms. The summed E-state index contributed by atoms with van der Waals surface area (Å²) in [6, 6.07) is 14.1. The molecule has 142 valence electrons. The van der Waals surface area contributed by atoms with Crippen molar-refractivity contribution in [3.8, 4) is 0 Å². The molecule has 0 spiro atoms. The number of halogens is 1. The van der Waals surface area contributed by atoms with Crippen molar-refractivity contribution in [1.82, 2.24) is 19.9 Å². The molecule has 0 aliphatic heterocycles. The minimum atomic E-state index is -0.737. The van der Waals surface area contributed by atoms with Crippen LogP contribution in [0, 0.1) is 0 Å². The number of benzene rings is 2. The molecule has 0 atom stereocenters. The van der Waals surface area contributed by atoms with Gasteiger partial charge in [0.2, 0.25) is 0 Å². The Hall–Kier alpha value is -2.25. The Kier molecular flexibility index (Phi) is 5.35. The van der Waals surface area contributed by atoms with Gasteiger partial charge in [0.25, 0.3) is 0 Å². The highest BCUT2D eigenvalue weighted by molar-refractivity contribution is 6.06. The van der Waals surface area contributed by atoms with E-state index in [-0.39, 0.29) is 25.6 Å². The van der Waals surface area contributed by atoms with Crippen LogP contribution in [0.15, 0.2) is 42.5 Å². The predicted molar refractivity (Wildman–Crippen MR) is 110 cm³/mol. The lowest BCUT2D eigenvalue weighted by Crippen LogP contribution is -2.48. The van der Waals surface area contributed by atoms with E-state index in [0.717, 1.165) is 38.7 Å². The average molecular weight is 387 g/mol. The molecule has 3 N–H and O–H groups in total. The zero-order chi connectivity index (χ0) is 18.3. The van der Waals surface area contributed by atoms with Crippen LogP contribution >= 0.6 is 12.4 Å². The van der Waals surface area contributed by atoms with E-state index in [1.807, 2.05) is 37.4 Å². The van der Waals surface area contributed by atoms with Crippen molar-refractivity contribution in [3.05, 3.63) is 48.0 Å². The third kappa shape index (κ3) is 3.26. The van der Waals surface area contributed by atoms with Gasteiger partial charge in [0, 0.05) is 19.0 Å². The van der Waals surface area contributed by atoms with Crippen LogP contribution in [0.5, 0.6) is 0 Å². The van der Waals surface area contributed by atoms with Gasteiger partial charge in [-0.2, -0.15) is 0 Å². The molecule has 2 heterocycles. The van der Waals surface area contributed by atoms with Gasteiger partial charge in [-0.05, 0) is 24.6 Å². The summed E-state index contributed by atoms with van der Waals surface area (Å²) in [7, 11) is 2.00. The van der Waals surface area contributed by atoms with Crippen molar-refractivity contribution >= 4 is 45.5 Å². The molecule has 6 nitrogen and oxygen atoms in total. The predicted octanol–water partition coefficient (Wildman–Crippen LogP) is 2.53. The van der Waals surface area contributed by atoms with Crippen LogP contribution in [0.1, 0.15) is 12.5 Å². The second kappa shape index (κ2) is 7.40. The van der Waals surface area contributed by atoms with Crippen molar-refractivity contribution in [2.24, 2.45) is 7.05 Å². The minimum absolute atomic E-state index is 0. The standard InChI is InChI=1S/C20H22N4O2.ClH/c1-20(11-25,12-26)21-10-13-6-5-8-15-17(13)23-19-18(22-15)14-7-3-4-9-16(14)24(19)2;/h3-9,21,25-26H,10-12H2,1-2H3;1H. The quantitative estimate of drug-likeness (QED) is 0.491. The van der Waals surface area contributed by atoms with Gasteiger partial charge in [-0.15, -0.1) is 12.4 Å². The normalized spacial score (nSPS) is 12.0. The van der Waals surface area contributed by atoms with Gasteiger partial charge in [0.05, 0.1) is 35.3 Å². The molecular formula is C20H23ClN4O2. The van der Waals surface area contributed by atoms with Crippen molar-refractivity contribution in [2.75, 3.05) is 13.2 Å². The van der Waals surface area contributed by atoms with E-state index in [2.05, 4.69) is 22.0 Å². The first-order chi connectivity index (χ1) is 12.6. The summed E-state index contributed by atoms with van der Waals surface area (Å²) in [6.07, 6.45) is 0. The van der Waals surface area contributed by atoms with E-state index in [0.29, 0.717) is 6.54 Å². The van der Waals surface area contributed by atoms with Gasteiger partial charge < -0.3 is 20.1 Å². The Morgan fingerprint density at radius 3 is 2.48 bits per heavy atom. The van der Waals surface area contributed by atoms with Gasteiger partial charge in [0.1, 0.15) is 5.52 Å². The third-order valence-electron chi connectivity index (χ3n) is 5.00. The molecule has 0 saturated heterocycles. The summed E-state index contributed by atoms with van der Waals surface area (Å²) < 4.78 is 2.06. The lowest BCUT2D eigenvalue weighted by Gasteiger charge is -2.26. The fraction of sp³-hybridized carbons (Fsp3) is 0.300. The van der Waals surface area contributed by atoms with E-state index in [4.69, 9.17) is 9.97 Å². The number of aryl methyl sites for hydroxylation is 1. The fourth-order valence-corrected chi connectivity index (χ4v) is 3.23. The molecule has 0 bridgehead atoms. The van der Waals surface area contributed by atoms with Crippen LogP contribution in [0.2, 0.25) is 0 Å². The van der Waals surface area contributed by atoms with E-state index < -0.39 is 5.54 Å². The zero-order valence-corrected chi connectivity index (χ0v) is 16.1. The van der Waals surface area contributed by atoms with Crippen molar-refractivity contribution < 1.29 is 10.2 Å². The molecule has 0 saturated carbocycles. The lowest BCUT2D eigenvalue weighted by molar-refractivity contribution is 0.103.